The van der Waals surface area contributed by atoms with Crippen molar-refractivity contribution in [3.63, 3.8) is 0 Å². The molecule has 1 heterocycles. The van der Waals surface area contributed by atoms with Gasteiger partial charge >= 0.3 is 0 Å². The summed E-state index contributed by atoms with van der Waals surface area (Å²) in [4.78, 5) is 8.24. The Morgan fingerprint density at radius 3 is 2.59 bits per heavy atom. The summed E-state index contributed by atoms with van der Waals surface area (Å²) in [7, 11) is 0. The molecule has 0 radical (unpaired) electrons. The molecule has 0 aliphatic rings. The maximum Gasteiger partial charge on any atom is 0.144 e. The number of anilines is 1. The Kier molecular flexibility index (Phi) is 4.06. The van der Waals surface area contributed by atoms with Gasteiger partial charge in [0.25, 0.3) is 0 Å². The highest BCUT2D eigenvalue weighted by molar-refractivity contribution is 9.10. The summed E-state index contributed by atoms with van der Waals surface area (Å²) in [5, 5.41) is 3.27. The Labute approximate surface area is 108 Å². The molecule has 4 nitrogen and oxygen atoms in total. The number of halogens is 1. The number of hydrogen-bond donors (Lipinski definition) is 2. The van der Waals surface area contributed by atoms with Gasteiger partial charge in [0, 0.05) is 17.2 Å². The molecule has 1 aromatic carbocycles. The van der Waals surface area contributed by atoms with Crippen molar-refractivity contribution in [3.05, 3.63) is 52.4 Å². The molecule has 17 heavy (non-hydrogen) atoms. The van der Waals surface area contributed by atoms with Crippen LogP contribution in [-0.4, -0.2) is 9.97 Å². The summed E-state index contributed by atoms with van der Waals surface area (Å²) in [5.74, 6) is 1.21. The minimum Gasteiger partial charge on any atom is -0.384 e. The molecule has 88 valence electrons. The van der Waals surface area contributed by atoms with Crippen molar-refractivity contribution in [2.45, 2.75) is 13.1 Å². The first-order chi connectivity index (χ1) is 8.24. The van der Waals surface area contributed by atoms with Crippen LogP contribution in [0.2, 0.25) is 0 Å². The van der Waals surface area contributed by atoms with Crippen LogP contribution >= 0.6 is 15.9 Å². The highest BCUT2D eigenvalue weighted by Gasteiger charge is 1.97. The van der Waals surface area contributed by atoms with Crippen molar-refractivity contribution in [1.29, 1.82) is 0 Å². The Hall–Kier alpha value is -1.46. The van der Waals surface area contributed by atoms with Crippen LogP contribution in [0.15, 0.2) is 41.0 Å². The third-order valence-corrected chi connectivity index (χ3v) is 2.78. The number of aromatic nitrogens is 2. The molecule has 1 aromatic heterocycles. The summed E-state index contributed by atoms with van der Waals surface area (Å²) in [6.45, 7) is 1.40. The maximum absolute atomic E-state index is 5.57. The molecule has 0 atom stereocenters. The third kappa shape index (κ3) is 3.80. The second-order valence-corrected chi connectivity index (χ2v) is 4.54. The standard InChI is InChI=1S/C12H13BrN4/c13-10-3-1-9(2-4-10)7-15-8-12-16-6-5-11(14)17-12/h1-6,15H,7-8H2,(H2,14,16,17). The average Bonchev–Trinajstić information content (AvgIpc) is 2.32. The molecule has 2 rings (SSSR count). The van der Waals surface area contributed by atoms with Crippen molar-refractivity contribution in [1.82, 2.24) is 15.3 Å². The van der Waals surface area contributed by atoms with Gasteiger partial charge in [-0.3, -0.25) is 0 Å². The van der Waals surface area contributed by atoms with Crippen molar-refractivity contribution in [2.24, 2.45) is 0 Å². The number of rotatable bonds is 4. The second-order valence-electron chi connectivity index (χ2n) is 3.63. The Morgan fingerprint density at radius 2 is 1.88 bits per heavy atom. The molecule has 3 N–H and O–H groups in total. The normalized spacial score (nSPS) is 10.4. The second kappa shape index (κ2) is 5.75. The van der Waals surface area contributed by atoms with Crippen molar-refractivity contribution in [2.75, 3.05) is 5.73 Å². The summed E-state index contributed by atoms with van der Waals surface area (Å²) in [6, 6.07) is 9.86. The van der Waals surface area contributed by atoms with E-state index in [0.29, 0.717) is 18.2 Å². The molecular weight excluding hydrogens is 280 g/mol. The third-order valence-electron chi connectivity index (χ3n) is 2.25. The average molecular weight is 293 g/mol. The zero-order valence-electron chi connectivity index (χ0n) is 9.23. The van der Waals surface area contributed by atoms with Gasteiger partial charge in [-0.05, 0) is 23.8 Å². The van der Waals surface area contributed by atoms with Gasteiger partial charge in [-0.2, -0.15) is 0 Å². The molecule has 0 saturated carbocycles. The number of nitrogens with zero attached hydrogens (tertiary/aromatic N) is 2. The van der Waals surface area contributed by atoms with E-state index in [1.54, 1.807) is 12.3 Å². The van der Waals surface area contributed by atoms with Gasteiger partial charge in [-0.1, -0.05) is 28.1 Å². The number of nitrogens with one attached hydrogen (secondary N) is 1. The molecule has 2 aromatic rings. The Morgan fingerprint density at radius 1 is 1.12 bits per heavy atom. The summed E-state index contributed by atoms with van der Waals surface area (Å²) in [5.41, 5.74) is 6.79. The largest absolute Gasteiger partial charge is 0.384 e. The summed E-state index contributed by atoms with van der Waals surface area (Å²) in [6.07, 6.45) is 1.67. The van der Waals surface area contributed by atoms with Crippen molar-refractivity contribution < 1.29 is 0 Å². The molecule has 0 aliphatic carbocycles. The predicted molar refractivity (Wildman–Crippen MR) is 71.1 cm³/mol. The highest BCUT2D eigenvalue weighted by atomic mass is 79.9. The quantitative estimate of drug-likeness (QED) is 0.906. The Balaban J connectivity index is 1.85. The van der Waals surface area contributed by atoms with E-state index in [4.69, 9.17) is 5.73 Å². The number of nitrogens with two attached hydrogens (primary N) is 1. The van der Waals surface area contributed by atoms with E-state index in [2.05, 4.69) is 43.3 Å². The van der Waals surface area contributed by atoms with Gasteiger partial charge in [0.2, 0.25) is 0 Å². The lowest BCUT2D eigenvalue weighted by Gasteiger charge is -2.04. The van der Waals surface area contributed by atoms with E-state index in [0.717, 1.165) is 11.0 Å². The number of nitrogen functional groups attached to an aromatic ring is 1. The van der Waals surface area contributed by atoms with E-state index >= 15 is 0 Å². The van der Waals surface area contributed by atoms with E-state index in [9.17, 15) is 0 Å². The van der Waals surface area contributed by atoms with Crippen LogP contribution in [0.5, 0.6) is 0 Å². The minimum absolute atomic E-state index is 0.500. The lowest BCUT2D eigenvalue weighted by molar-refractivity contribution is 0.663. The van der Waals surface area contributed by atoms with Crippen LogP contribution in [0.25, 0.3) is 0 Å². The maximum atomic E-state index is 5.57. The fraction of sp³-hybridized carbons (Fsp3) is 0.167. The van der Waals surface area contributed by atoms with E-state index in [1.165, 1.54) is 5.56 Å². The molecule has 0 saturated heterocycles. The van der Waals surface area contributed by atoms with Crippen LogP contribution in [0.4, 0.5) is 5.82 Å². The molecule has 0 amide bonds. The van der Waals surface area contributed by atoms with Crippen LogP contribution in [-0.2, 0) is 13.1 Å². The van der Waals surface area contributed by atoms with Crippen LogP contribution in [0.1, 0.15) is 11.4 Å². The smallest absolute Gasteiger partial charge is 0.144 e. The molecule has 0 fully saturated rings. The van der Waals surface area contributed by atoms with Crippen LogP contribution < -0.4 is 11.1 Å². The molecule has 5 heteroatoms. The van der Waals surface area contributed by atoms with E-state index < -0.39 is 0 Å². The lowest BCUT2D eigenvalue weighted by atomic mass is 10.2. The highest BCUT2D eigenvalue weighted by Crippen LogP contribution is 2.10. The van der Waals surface area contributed by atoms with Gasteiger partial charge in [-0.15, -0.1) is 0 Å². The molecule has 0 aliphatic heterocycles. The van der Waals surface area contributed by atoms with Crippen molar-refractivity contribution in [3.8, 4) is 0 Å². The van der Waals surface area contributed by atoms with Gasteiger partial charge in [-0.25, -0.2) is 9.97 Å². The van der Waals surface area contributed by atoms with Crippen molar-refractivity contribution >= 4 is 21.7 Å². The zero-order chi connectivity index (χ0) is 12.1. The van der Waals surface area contributed by atoms with Gasteiger partial charge in [0.05, 0.1) is 6.54 Å². The molecule has 0 unspecified atom stereocenters. The van der Waals surface area contributed by atoms with E-state index in [-0.39, 0.29) is 0 Å². The first-order valence-electron chi connectivity index (χ1n) is 5.26. The van der Waals surface area contributed by atoms with Gasteiger partial charge in [0.1, 0.15) is 11.6 Å². The minimum atomic E-state index is 0.500. The summed E-state index contributed by atoms with van der Waals surface area (Å²) < 4.78 is 1.08. The predicted octanol–water partition coefficient (Wildman–Crippen LogP) is 2.11. The molecule has 0 spiro atoms. The molecule has 0 bridgehead atoms. The molecular formula is C12H13BrN4. The zero-order valence-corrected chi connectivity index (χ0v) is 10.8. The fourth-order valence-electron chi connectivity index (χ4n) is 1.42. The number of hydrogen-bond acceptors (Lipinski definition) is 4. The Bertz CT molecular complexity index is 484. The first kappa shape index (κ1) is 12.0. The van der Waals surface area contributed by atoms with Gasteiger partial charge < -0.3 is 11.1 Å². The number of benzene rings is 1. The van der Waals surface area contributed by atoms with E-state index in [1.807, 2.05) is 12.1 Å². The summed E-state index contributed by atoms with van der Waals surface area (Å²) >= 11 is 3.40. The fourth-order valence-corrected chi connectivity index (χ4v) is 1.69. The van der Waals surface area contributed by atoms with Crippen LogP contribution in [0.3, 0.4) is 0 Å². The van der Waals surface area contributed by atoms with Crippen LogP contribution in [0, 0.1) is 0 Å². The lowest BCUT2D eigenvalue weighted by Crippen LogP contribution is -2.15. The topological polar surface area (TPSA) is 63.8 Å². The SMILES string of the molecule is Nc1ccnc(CNCc2ccc(Br)cc2)n1. The first-order valence-corrected chi connectivity index (χ1v) is 6.06. The van der Waals surface area contributed by atoms with Gasteiger partial charge in [0.15, 0.2) is 0 Å². The monoisotopic (exact) mass is 292 g/mol.